The first-order chi connectivity index (χ1) is 6.74. The molecule has 0 bridgehead atoms. The van der Waals surface area contributed by atoms with E-state index in [0.29, 0.717) is 5.57 Å². The second-order valence-corrected chi connectivity index (χ2v) is 2.79. The molecule has 0 spiro atoms. The van der Waals surface area contributed by atoms with E-state index in [9.17, 15) is 4.79 Å². The molecular formula is C12H11NO. The molecule has 2 heteroatoms. The molecule has 1 aromatic carbocycles. The summed E-state index contributed by atoms with van der Waals surface area (Å²) in [6.45, 7) is 1.64. The van der Waals surface area contributed by atoms with Crippen LogP contribution in [0.25, 0.3) is 0 Å². The maximum absolute atomic E-state index is 11.2. The minimum absolute atomic E-state index is 0.239. The second-order valence-electron chi connectivity index (χ2n) is 2.79. The molecule has 0 heterocycles. The quantitative estimate of drug-likeness (QED) is 0.532. The van der Waals surface area contributed by atoms with Crippen LogP contribution in [0.1, 0.15) is 12.5 Å². The van der Waals surface area contributed by atoms with Crippen molar-refractivity contribution in [2.75, 3.05) is 0 Å². The third-order valence-electron chi connectivity index (χ3n) is 1.70. The summed E-state index contributed by atoms with van der Waals surface area (Å²) in [5.41, 5.74) is 6.48. The van der Waals surface area contributed by atoms with Crippen LogP contribution in [0.15, 0.2) is 42.1 Å². The molecule has 2 nitrogen and oxygen atoms in total. The summed E-state index contributed by atoms with van der Waals surface area (Å²) in [6, 6.07) is 9.35. The van der Waals surface area contributed by atoms with Crippen LogP contribution in [-0.4, -0.2) is 5.78 Å². The first-order valence-electron chi connectivity index (χ1n) is 4.24. The van der Waals surface area contributed by atoms with Crippen LogP contribution in [0.5, 0.6) is 0 Å². The lowest BCUT2D eigenvalue weighted by Crippen LogP contribution is -1.97. The van der Waals surface area contributed by atoms with Crippen LogP contribution in [0, 0.1) is 11.8 Å². The Balaban J connectivity index is 2.80. The molecule has 1 rings (SSSR count). The van der Waals surface area contributed by atoms with Gasteiger partial charge in [0.05, 0.1) is 0 Å². The van der Waals surface area contributed by atoms with Crippen LogP contribution in [0.3, 0.4) is 0 Å². The molecule has 1 aromatic rings. The predicted molar refractivity (Wildman–Crippen MR) is 56.3 cm³/mol. The monoisotopic (exact) mass is 185 g/mol. The highest BCUT2D eigenvalue weighted by molar-refractivity contribution is 6.08. The van der Waals surface area contributed by atoms with Crippen LogP contribution < -0.4 is 5.73 Å². The van der Waals surface area contributed by atoms with Crippen LogP contribution >= 0.6 is 0 Å². The molecule has 2 N–H and O–H groups in total. The summed E-state index contributed by atoms with van der Waals surface area (Å²) in [5.74, 6) is 5.04. The minimum atomic E-state index is -0.239. The molecule has 0 unspecified atom stereocenters. The van der Waals surface area contributed by atoms with Crippen molar-refractivity contribution in [1.82, 2.24) is 0 Å². The molecule has 0 amide bonds. The summed E-state index contributed by atoms with van der Waals surface area (Å²) in [7, 11) is 0. The Bertz CT molecular complexity index is 407. The van der Waals surface area contributed by atoms with Gasteiger partial charge in [-0.3, -0.25) is 4.79 Å². The third-order valence-corrected chi connectivity index (χ3v) is 1.70. The number of carbonyl (C=O) groups excluding carboxylic acids is 1. The van der Waals surface area contributed by atoms with Crippen LogP contribution in [0.2, 0.25) is 0 Å². The van der Waals surface area contributed by atoms with Gasteiger partial charge in [0.25, 0.3) is 0 Å². The standard InChI is InChI=1S/C12H11NO/c1-10(9-13)12(14)8-7-11-5-3-2-4-6-11/h2-6,9H,13H2,1H3/b10-9+. The number of hydrogen-bond donors (Lipinski definition) is 1. The molecule has 0 saturated carbocycles. The number of ketones is 1. The Morgan fingerprint density at radius 1 is 1.36 bits per heavy atom. The van der Waals surface area contributed by atoms with E-state index in [2.05, 4.69) is 11.8 Å². The van der Waals surface area contributed by atoms with Gasteiger partial charge >= 0.3 is 0 Å². The average molecular weight is 185 g/mol. The molecule has 0 aliphatic heterocycles. The van der Waals surface area contributed by atoms with E-state index >= 15 is 0 Å². The van der Waals surface area contributed by atoms with Crippen LogP contribution in [0.4, 0.5) is 0 Å². The van der Waals surface area contributed by atoms with E-state index in [1.165, 1.54) is 6.20 Å². The highest BCUT2D eigenvalue weighted by Crippen LogP contribution is 1.96. The van der Waals surface area contributed by atoms with Crippen molar-refractivity contribution in [3.63, 3.8) is 0 Å². The van der Waals surface area contributed by atoms with Gasteiger partial charge in [0.1, 0.15) is 0 Å². The van der Waals surface area contributed by atoms with Crippen molar-refractivity contribution < 1.29 is 4.79 Å². The van der Waals surface area contributed by atoms with Gasteiger partial charge in [-0.25, -0.2) is 0 Å². The van der Waals surface area contributed by atoms with Crippen molar-refractivity contribution >= 4 is 5.78 Å². The second kappa shape index (κ2) is 4.88. The first-order valence-corrected chi connectivity index (χ1v) is 4.24. The van der Waals surface area contributed by atoms with Crippen molar-refractivity contribution in [1.29, 1.82) is 0 Å². The number of rotatable bonds is 1. The lowest BCUT2D eigenvalue weighted by atomic mass is 10.2. The lowest BCUT2D eigenvalue weighted by Gasteiger charge is -1.88. The first kappa shape index (κ1) is 10.1. The summed E-state index contributed by atoms with van der Waals surface area (Å²) in [4.78, 5) is 11.2. The Morgan fingerprint density at radius 2 is 2.00 bits per heavy atom. The summed E-state index contributed by atoms with van der Waals surface area (Å²) < 4.78 is 0. The fourth-order valence-electron chi connectivity index (χ4n) is 0.825. The number of nitrogens with two attached hydrogens (primary N) is 1. The topological polar surface area (TPSA) is 43.1 Å². The van der Waals surface area contributed by atoms with E-state index < -0.39 is 0 Å². The van der Waals surface area contributed by atoms with Crippen molar-refractivity contribution in [2.24, 2.45) is 5.73 Å². The third kappa shape index (κ3) is 2.80. The number of carbonyl (C=O) groups is 1. The van der Waals surface area contributed by atoms with E-state index in [1.807, 2.05) is 30.3 Å². The highest BCUT2D eigenvalue weighted by atomic mass is 16.1. The van der Waals surface area contributed by atoms with E-state index in [0.717, 1.165) is 5.56 Å². The summed E-state index contributed by atoms with van der Waals surface area (Å²) in [5, 5.41) is 0. The normalized spacial score (nSPS) is 10.2. The van der Waals surface area contributed by atoms with Gasteiger partial charge in [-0.1, -0.05) is 24.1 Å². The number of Topliss-reactive ketones (excluding diaryl/α,β-unsaturated/α-hetero) is 1. The van der Waals surface area contributed by atoms with Gasteiger partial charge in [-0.15, -0.1) is 0 Å². The van der Waals surface area contributed by atoms with Crippen molar-refractivity contribution in [3.8, 4) is 11.8 Å². The largest absolute Gasteiger partial charge is 0.404 e. The minimum Gasteiger partial charge on any atom is -0.404 e. The SMILES string of the molecule is C/C(=C\N)C(=O)C#Cc1ccccc1. The Labute approximate surface area is 83.4 Å². The van der Waals surface area contributed by atoms with E-state index in [4.69, 9.17) is 5.73 Å². The molecule has 0 fully saturated rings. The Kier molecular flexibility index (Phi) is 3.51. The molecular weight excluding hydrogens is 174 g/mol. The van der Waals surface area contributed by atoms with Gasteiger partial charge in [0.2, 0.25) is 5.78 Å². The van der Waals surface area contributed by atoms with E-state index in [1.54, 1.807) is 6.92 Å². The molecule has 0 saturated heterocycles. The molecule has 0 aromatic heterocycles. The maximum atomic E-state index is 11.2. The summed E-state index contributed by atoms with van der Waals surface area (Å²) >= 11 is 0. The Hall–Kier alpha value is -2.01. The van der Waals surface area contributed by atoms with Crippen molar-refractivity contribution in [3.05, 3.63) is 47.7 Å². The van der Waals surface area contributed by atoms with Crippen LogP contribution in [-0.2, 0) is 4.79 Å². The lowest BCUT2D eigenvalue weighted by molar-refractivity contribution is -0.110. The Morgan fingerprint density at radius 3 is 2.57 bits per heavy atom. The van der Waals surface area contributed by atoms with Gasteiger partial charge in [-0.05, 0) is 25.0 Å². The fraction of sp³-hybridized carbons (Fsp3) is 0.0833. The zero-order valence-corrected chi connectivity index (χ0v) is 7.95. The molecule has 70 valence electrons. The maximum Gasteiger partial charge on any atom is 0.233 e. The number of benzene rings is 1. The molecule has 0 aliphatic rings. The molecule has 14 heavy (non-hydrogen) atoms. The average Bonchev–Trinajstić information content (AvgIpc) is 2.26. The molecule has 0 atom stereocenters. The van der Waals surface area contributed by atoms with Crippen molar-refractivity contribution in [2.45, 2.75) is 6.92 Å². The zero-order valence-electron chi connectivity index (χ0n) is 7.95. The van der Waals surface area contributed by atoms with Gasteiger partial charge in [0, 0.05) is 17.3 Å². The molecule has 0 radical (unpaired) electrons. The predicted octanol–water partition coefficient (Wildman–Crippen LogP) is 1.47. The van der Waals surface area contributed by atoms with E-state index in [-0.39, 0.29) is 5.78 Å². The summed E-state index contributed by atoms with van der Waals surface area (Å²) in [6.07, 6.45) is 1.27. The highest BCUT2D eigenvalue weighted by Gasteiger charge is 1.96. The smallest absolute Gasteiger partial charge is 0.233 e. The fourth-order valence-corrected chi connectivity index (χ4v) is 0.825. The van der Waals surface area contributed by atoms with Gasteiger partial charge in [0.15, 0.2) is 0 Å². The molecule has 0 aliphatic carbocycles. The number of allylic oxidation sites excluding steroid dienone is 1. The number of hydrogen-bond acceptors (Lipinski definition) is 2. The van der Waals surface area contributed by atoms with Gasteiger partial charge < -0.3 is 5.73 Å². The zero-order chi connectivity index (χ0) is 10.4. The van der Waals surface area contributed by atoms with Gasteiger partial charge in [-0.2, -0.15) is 0 Å².